The fourth-order valence-corrected chi connectivity index (χ4v) is 4.23. The molecule has 8 nitrogen and oxygen atoms in total. The quantitative estimate of drug-likeness (QED) is 0.568. The summed E-state index contributed by atoms with van der Waals surface area (Å²) in [7, 11) is 0. The van der Waals surface area contributed by atoms with E-state index >= 15 is 0 Å². The molecule has 2 N–H and O–H groups in total. The molecule has 2 aromatic heterocycles. The van der Waals surface area contributed by atoms with Crippen molar-refractivity contribution in [2.24, 2.45) is 0 Å². The van der Waals surface area contributed by atoms with Gasteiger partial charge < -0.3 is 20.3 Å². The molecule has 172 valence electrons. The van der Waals surface area contributed by atoms with Gasteiger partial charge in [-0.1, -0.05) is 12.1 Å². The van der Waals surface area contributed by atoms with E-state index in [4.69, 9.17) is 9.72 Å². The molecule has 0 radical (unpaired) electrons. The third-order valence-corrected chi connectivity index (χ3v) is 6.15. The molecule has 33 heavy (non-hydrogen) atoms. The Bertz CT molecular complexity index is 1050. The second-order valence-corrected chi connectivity index (χ2v) is 8.44. The van der Waals surface area contributed by atoms with Gasteiger partial charge in [0.05, 0.1) is 19.4 Å². The van der Waals surface area contributed by atoms with Crippen molar-refractivity contribution in [3.05, 3.63) is 66.4 Å². The van der Waals surface area contributed by atoms with Crippen LogP contribution in [0, 0.1) is 5.82 Å². The average Bonchev–Trinajstić information content (AvgIpc) is 2.80. The number of nitrogens with zero attached hydrogens (tertiary/aromatic N) is 5. The molecule has 0 bridgehead atoms. The van der Waals surface area contributed by atoms with Gasteiger partial charge in [-0.2, -0.15) is 0 Å². The molecule has 0 saturated carbocycles. The van der Waals surface area contributed by atoms with Crippen molar-refractivity contribution >= 4 is 23.1 Å². The second kappa shape index (κ2) is 9.68. The van der Waals surface area contributed by atoms with E-state index in [0.29, 0.717) is 17.7 Å². The molecule has 2 fully saturated rings. The highest BCUT2D eigenvalue weighted by Crippen LogP contribution is 2.30. The summed E-state index contributed by atoms with van der Waals surface area (Å²) in [5.74, 6) is 1.82. The maximum atomic E-state index is 13.3. The van der Waals surface area contributed by atoms with Crippen LogP contribution in [0.1, 0.15) is 18.5 Å². The van der Waals surface area contributed by atoms with Crippen molar-refractivity contribution in [2.45, 2.75) is 19.0 Å². The van der Waals surface area contributed by atoms with E-state index in [1.54, 1.807) is 30.7 Å². The molecule has 1 atom stereocenters. The molecule has 0 aliphatic carbocycles. The van der Waals surface area contributed by atoms with E-state index in [2.05, 4.69) is 36.5 Å². The maximum Gasteiger partial charge on any atom is 0.150 e. The summed E-state index contributed by atoms with van der Waals surface area (Å²) in [6.45, 7) is 7.60. The predicted octanol–water partition coefficient (Wildman–Crippen LogP) is 3.45. The fourth-order valence-electron chi connectivity index (χ4n) is 4.23. The number of rotatable bonds is 7. The molecule has 5 rings (SSSR count). The number of anilines is 4. The number of hydrogen-bond donors (Lipinski definition) is 2. The van der Waals surface area contributed by atoms with Crippen LogP contribution >= 0.6 is 0 Å². The topological polar surface area (TPSA) is 78.4 Å². The largest absolute Gasteiger partial charge is 0.379 e. The predicted molar refractivity (Wildman–Crippen MR) is 126 cm³/mol. The zero-order valence-corrected chi connectivity index (χ0v) is 18.6. The summed E-state index contributed by atoms with van der Waals surface area (Å²) in [5.41, 5.74) is 2.08. The van der Waals surface area contributed by atoms with E-state index in [0.717, 1.165) is 56.5 Å². The first-order valence-corrected chi connectivity index (χ1v) is 11.3. The summed E-state index contributed by atoms with van der Waals surface area (Å²) in [6, 6.07) is 11.2. The highest BCUT2D eigenvalue weighted by molar-refractivity contribution is 5.66. The molecule has 2 aliphatic heterocycles. The summed E-state index contributed by atoms with van der Waals surface area (Å²) in [4.78, 5) is 18.0. The molecule has 9 heteroatoms. The Kier molecular flexibility index (Phi) is 6.32. The SMILES string of the molecule is CC(Nc1cc(N2CC(N3CCOCC3)C2)cc(Nc2cnccn2)n1)c1ccc(F)cc1. The van der Waals surface area contributed by atoms with Crippen LogP contribution in [0.5, 0.6) is 0 Å². The minimum atomic E-state index is -0.242. The summed E-state index contributed by atoms with van der Waals surface area (Å²) in [6.07, 6.45) is 4.95. The molecule has 4 heterocycles. The summed E-state index contributed by atoms with van der Waals surface area (Å²) < 4.78 is 18.8. The highest BCUT2D eigenvalue weighted by atomic mass is 19.1. The smallest absolute Gasteiger partial charge is 0.150 e. The maximum absolute atomic E-state index is 13.3. The van der Waals surface area contributed by atoms with Crippen LogP contribution in [0.25, 0.3) is 0 Å². The van der Waals surface area contributed by atoms with Gasteiger partial charge in [0.2, 0.25) is 0 Å². The number of benzene rings is 1. The van der Waals surface area contributed by atoms with E-state index in [9.17, 15) is 4.39 Å². The lowest BCUT2D eigenvalue weighted by molar-refractivity contribution is 0.0105. The van der Waals surface area contributed by atoms with Crippen molar-refractivity contribution in [2.75, 3.05) is 54.9 Å². The van der Waals surface area contributed by atoms with E-state index in [1.165, 1.54) is 12.1 Å². The van der Waals surface area contributed by atoms with Gasteiger partial charge in [0.25, 0.3) is 0 Å². The Hall–Kier alpha value is -3.30. The standard InChI is InChI=1S/C24H28FN7O/c1-17(18-2-4-19(25)5-3-18)28-22-12-20(13-23(29-22)30-24-14-26-6-7-27-24)32-15-21(16-32)31-8-10-33-11-9-31/h2-7,12-14,17,21H,8-11,15-16H2,1H3,(H2,27,28,29,30). The molecule has 1 unspecified atom stereocenters. The van der Waals surface area contributed by atoms with Crippen molar-refractivity contribution in [3.63, 3.8) is 0 Å². The summed E-state index contributed by atoms with van der Waals surface area (Å²) >= 11 is 0. The van der Waals surface area contributed by atoms with Crippen molar-refractivity contribution < 1.29 is 9.13 Å². The molecule has 3 aromatic rings. The average molecular weight is 450 g/mol. The number of morpholine rings is 1. The Morgan fingerprint density at radius 2 is 1.79 bits per heavy atom. The fraction of sp³-hybridized carbons (Fsp3) is 0.375. The first kappa shape index (κ1) is 21.5. The number of nitrogens with one attached hydrogen (secondary N) is 2. The van der Waals surface area contributed by atoms with Gasteiger partial charge in [-0.15, -0.1) is 0 Å². The molecular formula is C24H28FN7O. The normalized spacial score (nSPS) is 17.9. The highest BCUT2D eigenvalue weighted by Gasteiger charge is 2.33. The Morgan fingerprint density at radius 3 is 2.52 bits per heavy atom. The lowest BCUT2D eigenvalue weighted by atomic mass is 10.1. The Balaban J connectivity index is 1.34. The first-order valence-electron chi connectivity index (χ1n) is 11.3. The number of aromatic nitrogens is 3. The molecular weight excluding hydrogens is 421 g/mol. The van der Waals surface area contributed by atoms with E-state index < -0.39 is 0 Å². The molecule has 2 saturated heterocycles. The third kappa shape index (κ3) is 5.20. The van der Waals surface area contributed by atoms with Gasteiger partial charge in [0.15, 0.2) is 0 Å². The molecule has 0 spiro atoms. The first-order chi connectivity index (χ1) is 16.1. The lowest BCUT2D eigenvalue weighted by Crippen LogP contribution is -2.61. The van der Waals surface area contributed by atoms with Gasteiger partial charge >= 0.3 is 0 Å². The number of ether oxygens (including phenoxy) is 1. The van der Waals surface area contributed by atoms with Gasteiger partial charge in [-0.05, 0) is 24.6 Å². The molecule has 2 aliphatic rings. The van der Waals surface area contributed by atoms with Crippen LogP contribution in [0.3, 0.4) is 0 Å². The van der Waals surface area contributed by atoms with Crippen LogP contribution in [-0.4, -0.2) is 65.3 Å². The van der Waals surface area contributed by atoms with Crippen molar-refractivity contribution in [1.29, 1.82) is 0 Å². The van der Waals surface area contributed by atoms with Gasteiger partial charge in [-0.25, -0.2) is 14.4 Å². The summed E-state index contributed by atoms with van der Waals surface area (Å²) in [5, 5.41) is 6.71. The Labute approximate surface area is 192 Å². The molecule has 0 amide bonds. The minimum absolute atomic E-state index is 0.0322. The van der Waals surface area contributed by atoms with Crippen LogP contribution in [0.15, 0.2) is 55.0 Å². The number of halogens is 1. The van der Waals surface area contributed by atoms with E-state index in [-0.39, 0.29) is 11.9 Å². The van der Waals surface area contributed by atoms with Crippen LogP contribution in [-0.2, 0) is 4.74 Å². The van der Waals surface area contributed by atoms with Crippen LogP contribution in [0.4, 0.5) is 27.5 Å². The zero-order chi connectivity index (χ0) is 22.6. The van der Waals surface area contributed by atoms with E-state index in [1.807, 2.05) is 13.0 Å². The van der Waals surface area contributed by atoms with Gasteiger partial charge in [0.1, 0.15) is 23.3 Å². The van der Waals surface area contributed by atoms with Gasteiger partial charge in [-0.3, -0.25) is 9.88 Å². The lowest BCUT2D eigenvalue weighted by Gasteiger charge is -2.47. The zero-order valence-electron chi connectivity index (χ0n) is 18.6. The van der Waals surface area contributed by atoms with Crippen molar-refractivity contribution in [3.8, 4) is 0 Å². The second-order valence-electron chi connectivity index (χ2n) is 8.44. The molecule has 1 aromatic carbocycles. The van der Waals surface area contributed by atoms with Crippen LogP contribution < -0.4 is 15.5 Å². The monoisotopic (exact) mass is 449 g/mol. The Morgan fingerprint density at radius 1 is 1.03 bits per heavy atom. The van der Waals surface area contributed by atoms with Crippen molar-refractivity contribution in [1.82, 2.24) is 19.9 Å². The van der Waals surface area contributed by atoms with Gasteiger partial charge in [0, 0.05) is 68.5 Å². The number of hydrogen-bond acceptors (Lipinski definition) is 8. The van der Waals surface area contributed by atoms with Crippen LogP contribution in [0.2, 0.25) is 0 Å². The third-order valence-electron chi connectivity index (χ3n) is 6.15. The number of pyridine rings is 1. The minimum Gasteiger partial charge on any atom is -0.379 e.